The van der Waals surface area contributed by atoms with E-state index < -0.39 is 0 Å². The van der Waals surface area contributed by atoms with Gasteiger partial charge in [-0.2, -0.15) is 5.10 Å². The lowest BCUT2D eigenvalue weighted by Gasteiger charge is -2.09. The molecule has 0 amide bonds. The van der Waals surface area contributed by atoms with Crippen LogP contribution in [0.15, 0.2) is 46.2 Å². The molecule has 3 heterocycles. The van der Waals surface area contributed by atoms with Crippen molar-refractivity contribution >= 4 is 11.2 Å². The fourth-order valence-corrected chi connectivity index (χ4v) is 3.73. The van der Waals surface area contributed by atoms with E-state index in [-0.39, 0.29) is 11.2 Å². The fraction of sp³-hybridized carbons (Fsp3) is 0.360. The predicted octanol–water partition coefficient (Wildman–Crippen LogP) is 3.32. The van der Waals surface area contributed by atoms with Crippen molar-refractivity contribution in [2.24, 2.45) is 0 Å². The van der Waals surface area contributed by atoms with Crippen LogP contribution in [0.2, 0.25) is 0 Å². The van der Waals surface area contributed by atoms with Crippen LogP contribution in [0.25, 0.3) is 22.6 Å². The normalized spacial score (nSPS) is 11.0. The van der Waals surface area contributed by atoms with E-state index in [4.69, 9.17) is 0 Å². The number of nitrogens with one attached hydrogen (secondary N) is 1. The quantitative estimate of drug-likeness (QED) is 0.443. The van der Waals surface area contributed by atoms with E-state index in [1.807, 2.05) is 44.3 Å². The Morgan fingerprint density at radius 1 is 1.00 bits per heavy atom. The molecule has 0 spiro atoms. The van der Waals surface area contributed by atoms with Gasteiger partial charge in [0.15, 0.2) is 5.65 Å². The lowest BCUT2D eigenvalue weighted by Crippen LogP contribution is -2.40. The third-order valence-electron chi connectivity index (χ3n) is 5.41. The number of aryl methyl sites for hydroxylation is 3. The Kier molecular flexibility index (Phi) is 6.59. The molecule has 8 nitrogen and oxygen atoms in total. The zero-order valence-electron chi connectivity index (χ0n) is 19.3. The second kappa shape index (κ2) is 9.74. The molecule has 0 aliphatic heterocycles. The van der Waals surface area contributed by atoms with Crippen LogP contribution in [-0.4, -0.2) is 28.9 Å². The van der Waals surface area contributed by atoms with Gasteiger partial charge in [0.25, 0.3) is 5.56 Å². The highest BCUT2D eigenvalue weighted by Gasteiger charge is 2.18. The molecule has 0 atom stereocenters. The van der Waals surface area contributed by atoms with Gasteiger partial charge in [-0.15, -0.1) is 0 Å². The summed E-state index contributed by atoms with van der Waals surface area (Å²) in [5, 5.41) is 4.40. The van der Waals surface area contributed by atoms with E-state index in [1.54, 1.807) is 15.4 Å². The van der Waals surface area contributed by atoms with E-state index in [0.29, 0.717) is 49.5 Å². The summed E-state index contributed by atoms with van der Waals surface area (Å²) in [5.41, 5.74) is 3.07. The second-order valence-electron chi connectivity index (χ2n) is 8.08. The second-order valence-corrected chi connectivity index (χ2v) is 8.08. The van der Waals surface area contributed by atoms with Gasteiger partial charge in [-0.3, -0.25) is 18.6 Å². The lowest BCUT2D eigenvalue weighted by molar-refractivity contribution is 0.555. The number of hydrogen-bond acceptors (Lipinski definition) is 4. The van der Waals surface area contributed by atoms with Gasteiger partial charge in [-0.05, 0) is 31.9 Å². The van der Waals surface area contributed by atoms with Gasteiger partial charge in [-0.25, -0.2) is 9.78 Å². The van der Waals surface area contributed by atoms with E-state index in [2.05, 4.69) is 33.8 Å². The monoisotopic (exact) mass is 444 g/mol. The topological polar surface area (TPSA) is 90.5 Å². The smallest absolute Gasteiger partial charge is 0.332 e. The van der Waals surface area contributed by atoms with Crippen LogP contribution in [0.3, 0.4) is 0 Å². The van der Waals surface area contributed by atoms with Gasteiger partial charge < -0.3 is 4.98 Å². The Hall–Kier alpha value is -3.86. The van der Waals surface area contributed by atoms with Crippen molar-refractivity contribution in [1.29, 1.82) is 0 Å². The molecule has 4 rings (SSSR count). The molecule has 1 aromatic carbocycles. The summed E-state index contributed by atoms with van der Waals surface area (Å²) in [6.45, 7) is 7.52. The van der Waals surface area contributed by atoms with Gasteiger partial charge in [-0.1, -0.05) is 43.4 Å². The summed E-state index contributed by atoms with van der Waals surface area (Å²) >= 11 is 0. The Morgan fingerprint density at radius 3 is 2.45 bits per heavy atom. The zero-order chi connectivity index (χ0) is 23.4. The highest BCUT2D eigenvalue weighted by atomic mass is 16.2. The number of aromatic amines is 1. The first-order chi connectivity index (χ1) is 16.0. The maximum Gasteiger partial charge on any atom is 0.332 e. The lowest BCUT2D eigenvalue weighted by atomic mass is 10.1. The number of nitrogens with zero attached hydrogens (tertiary/aromatic N) is 5. The average Bonchev–Trinajstić information content (AvgIpc) is 3.46. The molecule has 8 heteroatoms. The molecule has 0 saturated carbocycles. The molecule has 0 saturated heterocycles. The van der Waals surface area contributed by atoms with Gasteiger partial charge in [0, 0.05) is 31.3 Å². The summed E-state index contributed by atoms with van der Waals surface area (Å²) in [4.78, 5) is 33.5. The van der Waals surface area contributed by atoms with Gasteiger partial charge in [0.1, 0.15) is 11.3 Å². The standard InChI is InChI=1S/C25H28N6O2/c1-4-13-30-23-21(24(32)31(14-5-2)25(30)33)27-22(28-23)20-16-26-29(17-20)15-7-6-8-19-11-9-18(3)10-12-19/h9-12,16-17H,4-5,7,13-15H2,1-3H3,(H,27,28). The maximum atomic E-state index is 12.9. The summed E-state index contributed by atoms with van der Waals surface area (Å²) in [6, 6.07) is 8.13. The summed E-state index contributed by atoms with van der Waals surface area (Å²) in [5.74, 6) is 6.87. The van der Waals surface area contributed by atoms with Gasteiger partial charge in [0.2, 0.25) is 0 Å². The third kappa shape index (κ3) is 4.67. The fourth-order valence-electron chi connectivity index (χ4n) is 3.73. The van der Waals surface area contributed by atoms with Crippen LogP contribution in [0.4, 0.5) is 0 Å². The van der Waals surface area contributed by atoms with Crippen LogP contribution in [0.1, 0.15) is 44.2 Å². The average molecular weight is 445 g/mol. The zero-order valence-corrected chi connectivity index (χ0v) is 19.3. The summed E-state index contributed by atoms with van der Waals surface area (Å²) < 4.78 is 4.68. The number of hydrogen-bond donors (Lipinski definition) is 1. The van der Waals surface area contributed by atoms with Crippen molar-refractivity contribution in [3.05, 3.63) is 68.6 Å². The van der Waals surface area contributed by atoms with Crippen LogP contribution in [0.5, 0.6) is 0 Å². The Balaban J connectivity index is 1.58. The minimum Gasteiger partial charge on any atom is -0.332 e. The van der Waals surface area contributed by atoms with Crippen molar-refractivity contribution in [3.8, 4) is 23.2 Å². The first kappa shape index (κ1) is 22.3. The van der Waals surface area contributed by atoms with E-state index >= 15 is 0 Å². The molecule has 0 aliphatic carbocycles. The molecule has 33 heavy (non-hydrogen) atoms. The van der Waals surface area contributed by atoms with Gasteiger partial charge >= 0.3 is 5.69 Å². The first-order valence-electron chi connectivity index (χ1n) is 11.3. The molecule has 0 radical (unpaired) electrons. The molecular weight excluding hydrogens is 416 g/mol. The van der Waals surface area contributed by atoms with Gasteiger partial charge in [0.05, 0.1) is 18.3 Å². The van der Waals surface area contributed by atoms with E-state index in [9.17, 15) is 9.59 Å². The number of rotatable bonds is 7. The van der Waals surface area contributed by atoms with Crippen LogP contribution in [0, 0.1) is 18.8 Å². The number of benzene rings is 1. The Bertz CT molecular complexity index is 1440. The Morgan fingerprint density at radius 2 is 1.73 bits per heavy atom. The van der Waals surface area contributed by atoms with Crippen LogP contribution in [-0.2, 0) is 19.6 Å². The SMILES string of the molecule is CCCn1c(=O)c2[nH]c(-c3cnn(CCC#Cc4ccc(C)cc4)c3)nc2n(CCC)c1=O. The molecular formula is C25H28N6O2. The molecule has 0 bridgehead atoms. The van der Waals surface area contributed by atoms with Crippen molar-refractivity contribution in [2.45, 2.75) is 59.7 Å². The summed E-state index contributed by atoms with van der Waals surface area (Å²) in [6.07, 6.45) is 5.71. The number of H-pyrrole nitrogens is 1. The predicted molar refractivity (Wildman–Crippen MR) is 129 cm³/mol. The minimum absolute atomic E-state index is 0.308. The van der Waals surface area contributed by atoms with E-state index in [1.165, 1.54) is 10.1 Å². The molecule has 0 fully saturated rings. The Labute approximate surface area is 191 Å². The molecule has 170 valence electrons. The molecule has 4 aromatic rings. The van der Waals surface area contributed by atoms with Crippen molar-refractivity contribution < 1.29 is 0 Å². The highest BCUT2D eigenvalue weighted by molar-refractivity contribution is 5.75. The third-order valence-corrected chi connectivity index (χ3v) is 5.41. The number of aromatic nitrogens is 6. The number of fused-ring (bicyclic) bond motifs is 1. The van der Waals surface area contributed by atoms with Crippen LogP contribution < -0.4 is 11.2 Å². The molecule has 0 aliphatic rings. The molecule has 1 N–H and O–H groups in total. The minimum atomic E-state index is -0.332. The first-order valence-corrected chi connectivity index (χ1v) is 11.3. The largest absolute Gasteiger partial charge is 0.332 e. The van der Waals surface area contributed by atoms with E-state index in [0.717, 1.165) is 17.5 Å². The maximum absolute atomic E-state index is 12.9. The van der Waals surface area contributed by atoms with Crippen LogP contribution >= 0.6 is 0 Å². The van der Waals surface area contributed by atoms with Crippen molar-refractivity contribution in [3.63, 3.8) is 0 Å². The molecule has 0 unspecified atom stereocenters. The highest BCUT2D eigenvalue weighted by Crippen LogP contribution is 2.18. The van der Waals surface area contributed by atoms with Crippen molar-refractivity contribution in [2.75, 3.05) is 0 Å². The van der Waals surface area contributed by atoms with Crippen molar-refractivity contribution in [1.82, 2.24) is 28.9 Å². The molecule has 3 aromatic heterocycles. The number of imidazole rings is 1. The summed E-state index contributed by atoms with van der Waals surface area (Å²) in [7, 11) is 0.